The van der Waals surface area contributed by atoms with Gasteiger partial charge in [-0.2, -0.15) is 8.42 Å². The van der Waals surface area contributed by atoms with Gasteiger partial charge in [0.05, 0.1) is 11.0 Å². The number of esters is 1. The molecule has 4 aliphatic carbocycles. The highest BCUT2D eigenvalue weighted by Gasteiger charge is 2.61. The predicted molar refractivity (Wildman–Crippen MR) is 81.3 cm³/mol. The predicted octanol–water partition coefficient (Wildman–Crippen LogP) is 2.69. The lowest BCUT2D eigenvalue weighted by molar-refractivity contribution is -0.209. The third-order valence-electron chi connectivity index (χ3n) is 5.11. The van der Waals surface area contributed by atoms with Crippen LogP contribution >= 0.6 is 0 Å². The molecule has 0 heterocycles. The largest absolute Gasteiger partial charge is 0.456 e. The second-order valence-electron chi connectivity index (χ2n) is 7.24. The maximum absolute atomic E-state index is 12.0. The minimum Gasteiger partial charge on any atom is -0.456 e. The van der Waals surface area contributed by atoms with Gasteiger partial charge in [0.2, 0.25) is 0 Å². The normalized spacial score (nSPS) is 39.5. The second-order valence-corrected chi connectivity index (χ2v) is 8.73. The smallest absolute Gasteiger partial charge is 0.333 e. The Hall–Kier alpha value is -1.14. The van der Waals surface area contributed by atoms with Crippen LogP contribution in [-0.4, -0.2) is 25.6 Å². The van der Waals surface area contributed by atoms with Crippen molar-refractivity contribution in [3.05, 3.63) is 24.1 Å². The Labute approximate surface area is 131 Å². The van der Waals surface area contributed by atoms with Crippen LogP contribution in [0, 0.1) is 11.8 Å². The fourth-order valence-electron chi connectivity index (χ4n) is 4.88. The van der Waals surface area contributed by atoms with E-state index in [0.29, 0.717) is 36.7 Å². The first kappa shape index (κ1) is 15.7. The van der Waals surface area contributed by atoms with Gasteiger partial charge >= 0.3 is 5.97 Å². The van der Waals surface area contributed by atoms with Crippen LogP contribution in [0.2, 0.25) is 0 Å². The molecule has 0 radical (unpaired) electrons. The highest BCUT2D eigenvalue weighted by Crippen LogP contribution is 2.60. The SMILES string of the molecule is C=CS(=O)(=O)OC12CC3CC(CC(OC(=O)C(=C)C)(C3)C1)C2. The van der Waals surface area contributed by atoms with Crippen molar-refractivity contribution in [2.24, 2.45) is 11.8 Å². The maximum Gasteiger partial charge on any atom is 0.333 e. The number of ether oxygens (including phenoxy) is 1. The summed E-state index contributed by atoms with van der Waals surface area (Å²) in [6, 6.07) is 0. The summed E-state index contributed by atoms with van der Waals surface area (Å²) in [6.45, 7) is 8.56. The zero-order chi connectivity index (χ0) is 16.2. The minimum absolute atomic E-state index is 0.346. The van der Waals surface area contributed by atoms with E-state index >= 15 is 0 Å². The summed E-state index contributed by atoms with van der Waals surface area (Å²) in [4.78, 5) is 12.0. The first-order chi connectivity index (χ1) is 10.2. The fraction of sp³-hybridized carbons (Fsp3) is 0.688. The van der Waals surface area contributed by atoms with Gasteiger partial charge in [-0.1, -0.05) is 13.2 Å². The number of hydrogen-bond acceptors (Lipinski definition) is 5. The summed E-state index contributed by atoms with van der Waals surface area (Å²) in [5, 5.41) is 0.845. The van der Waals surface area contributed by atoms with Crippen molar-refractivity contribution in [2.45, 2.75) is 56.7 Å². The van der Waals surface area contributed by atoms with Crippen molar-refractivity contribution in [2.75, 3.05) is 0 Å². The van der Waals surface area contributed by atoms with Crippen LogP contribution < -0.4 is 0 Å². The Kier molecular flexibility index (Phi) is 3.53. The van der Waals surface area contributed by atoms with Crippen LogP contribution in [0.4, 0.5) is 0 Å². The average Bonchev–Trinajstić information content (AvgIpc) is 2.34. The van der Waals surface area contributed by atoms with E-state index in [1.165, 1.54) is 0 Å². The summed E-state index contributed by atoms with van der Waals surface area (Å²) in [5.74, 6) is 0.294. The van der Waals surface area contributed by atoms with Crippen molar-refractivity contribution >= 4 is 16.1 Å². The lowest BCUT2D eigenvalue weighted by atomic mass is 9.52. The molecule has 22 heavy (non-hydrogen) atoms. The molecule has 5 nitrogen and oxygen atoms in total. The Morgan fingerprint density at radius 2 is 1.73 bits per heavy atom. The number of carbonyl (C=O) groups is 1. The van der Waals surface area contributed by atoms with Gasteiger partial charge in [-0.05, 0) is 50.9 Å². The molecule has 6 heteroatoms. The van der Waals surface area contributed by atoms with Gasteiger partial charge < -0.3 is 4.74 Å². The van der Waals surface area contributed by atoms with Crippen LogP contribution in [-0.2, 0) is 23.8 Å². The van der Waals surface area contributed by atoms with Gasteiger partial charge in [0.1, 0.15) is 5.60 Å². The third-order valence-corrected chi connectivity index (χ3v) is 6.10. The van der Waals surface area contributed by atoms with Crippen molar-refractivity contribution in [1.82, 2.24) is 0 Å². The highest BCUT2D eigenvalue weighted by molar-refractivity contribution is 7.89. The fourth-order valence-corrected chi connectivity index (χ4v) is 5.63. The molecule has 4 saturated carbocycles. The van der Waals surface area contributed by atoms with Gasteiger partial charge in [0.25, 0.3) is 10.1 Å². The topological polar surface area (TPSA) is 69.7 Å². The summed E-state index contributed by atoms with van der Waals surface area (Å²) < 4.78 is 35.0. The molecule has 4 fully saturated rings. The Bertz CT molecular complexity index is 619. The average molecular weight is 326 g/mol. The van der Waals surface area contributed by atoms with E-state index in [2.05, 4.69) is 13.2 Å². The zero-order valence-corrected chi connectivity index (χ0v) is 13.7. The quantitative estimate of drug-likeness (QED) is 0.441. The van der Waals surface area contributed by atoms with Crippen LogP contribution in [0.15, 0.2) is 24.1 Å². The van der Waals surface area contributed by atoms with E-state index in [0.717, 1.165) is 24.7 Å². The van der Waals surface area contributed by atoms with Crippen LogP contribution in [0.5, 0.6) is 0 Å². The molecular weight excluding hydrogens is 304 g/mol. The molecule has 2 atom stereocenters. The number of hydrogen-bond donors (Lipinski definition) is 0. The van der Waals surface area contributed by atoms with Crippen LogP contribution in [0.3, 0.4) is 0 Å². The molecule has 0 aromatic heterocycles. The van der Waals surface area contributed by atoms with Gasteiger partial charge in [-0.15, -0.1) is 0 Å². The molecule has 0 aliphatic heterocycles. The molecule has 0 saturated heterocycles. The van der Waals surface area contributed by atoms with Crippen LogP contribution in [0.25, 0.3) is 0 Å². The molecule has 2 unspecified atom stereocenters. The van der Waals surface area contributed by atoms with E-state index in [1.54, 1.807) is 6.92 Å². The van der Waals surface area contributed by atoms with Gasteiger partial charge in [0.15, 0.2) is 0 Å². The Morgan fingerprint density at radius 1 is 1.18 bits per heavy atom. The highest BCUT2D eigenvalue weighted by atomic mass is 32.2. The Morgan fingerprint density at radius 3 is 2.23 bits per heavy atom. The molecule has 0 amide bonds. The van der Waals surface area contributed by atoms with E-state index in [9.17, 15) is 13.2 Å². The van der Waals surface area contributed by atoms with Crippen molar-refractivity contribution in [3.63, 3.8) is 0 Å². The lowest BCUT2D eigenvalue weighted by Gasteiger charge is -2.60. The summed E-state index contributed by atoms with van der Waals surface area (Å²) >= 11 is 0. The molecule has 4 rings (SSSR count). The summed E-state index contributed by atoms with van der Waals surface area (Å²) in [5.41, 5.74) is -0.979. The standard InChI is InChI=1S/C16H22O5S/c1-4-22(18,19)21-16-8-12-5-13(9-16)7-15(6-12,10-16)20-14(17)11(2)3/h4,12-13H,1-2,5-10H2,3H3. The van der Waals surface area contributed by atoms with Gasteiger partial charge in [0, 0.05) is 12.0 Å². The van der Waals surface area contributed by atoms with Gasteiger partial charge in [-0.25, -0.2) is 4.79 Å². The van der Waals surface area contributed by atoms with E-state index in [1.807, 2.05) is 0 Å². The summed E-state index contributed by atoms with van der Waals surface area (Å²) in [6.07, 6.45) is 4.51. The molecule has 0 aromatic rings. The van der Waals surface area contributed by atoms with E-state index in [-0.39, 0.29) is 0 Å². The second kappa shape index (κ2) is 4.93. The third kappa shape index (κ3) is 2.74. The first-order valence-corrected chi connectivity index (χ1v) is 9.11. The monoisotopic (exact) mass is 326 g/mol. The van der Waals surface area contributed by atoms with Crippen LogP contribution in [0.1, 0.15) is 45.4 Å². The molecule has 4 bridgehead atoms. The van der Waals surface area contributed by atoms with E-state index < -0.39 is 27.3 Å². The van der Waals surface area contributed by atoms with E-state index in [4.69, 9.17) is 8.92 Å². The molecule has 122 valence electrons. The van der Waals surface area contributed by atoms with Crippen molar-refractivity contribution in [3.8, 4) is 0 Å². The maximum atomic E-state index is 12.0. The van der Waals surface area contributed by atoms with Crippen molar-refractivity contribution in [1.29, 1.82) is 0 Å². The number of carbonyl (C=O) groups excluding carboxylic acids is 1. The minimum atomic E-state index is -3.75. The summed E-state index contributed by atoms with van der Waals surface area (Å²) in [7, 11) is -3.75. The molecule has 0 spiro atoms. The lowest BCUT2D eigenvalue weighted by Crippen LogP contribution is -2.61. The molecule has 0 N–H and O–H groups in total. The van der Waals surface area contributed by atoms with Gasteiger partial charge in [-0.3, -0.25) is 4.18 Å². The number of rotatable bonds is 5. The van der Waals surface area contributed by atoms with Crippen molar-refractivity contribution < 1.29 is 22.1 Å². The molecular formula is C16H22O5S. The molecule has 4 aliphatic rings. The first-order valence-electron chi connectivity index (χ1n) is 7.63. The zero-order valence-electron chi connectivity index (χ0n) is 12.8. The Balaban J connectivity index is 1.88. The molecule has 0 aromatic carbocycles.